The molecule has 0 unspecified atom stereocenters. The third kappa shape index (κ3) is 6.92. The predicted octanol–water partition coefficient (Wildman–Crippen LogP) is 5.02. The summed E-state index contributed by atoms with van der Waals surface area (Å²) in [6, 6.07) is 14.5. The first-order chi connectivity index (χ1) is 14.0. The Balaban J connectivity index is 1.63. The Hall–Kier alpha value is -2.29. The fourth-order valence-electron chi connectivity index (χ4n) is 2.38. The van der Waals surface area contributed by atoms with E-state index in [2.05, 4.69) is 37.9 Å². The molecule has 0 aromatic heterocycles. The molecule has 1 heterocycles. The maximum Gasteiger partial charge on any atom is 0.234 e. The van der Waals surface area contributed by atoms with Gasteiger partial charge in [-0.15, -0.1) is 11.7 Å². The lowest BCUT2D eigenvalue weighted by Crippen LogP contribution is -2.33. The Bertz CT molecular complexity index is 950. The van der Waals surface area contributed by atoms with Crippen LogP contribution in [0.3, 0.4) is 0 Å². The number of carbonyl (C=O) groups excluding carboxylic acids is 1. The Labute approximate surface area is 186 Å². The smallest absolute Gasteiger partial charge is 0.234 e. The molecule has 3 rings (SSSR count). The number of thioether (sulfide) groups is 1. The zero-order chi connectivity index (χ0) is 20.6. The summed E-state index contributed by atoms with van der Waals surface area (Å²) >= 11 is 10.5. The fourth-order valence-corrected chi connectivity index (χ4v) is 3.58. The molecular weight excluding hydrogens is 476 g/mol. The van der Waals surface area contributed by atoms with Crippen molar-refractivity contribution in [1.82, 2.24) is 5.01 Å². The van der Waals surface area contributed by atoms with Gasteiger partial charge in [0, 0.05) is 15.2 Å². The molecule has 0 atom stereocenters. The van der Waals surface area contributed by atoms with Crippen molar-refractivity contribution in [2.75, 3.05) is 24.2 Å². The zero-order valence-electron chi connectivity index (χ0n) is 15.3. The van der Waals surface area contributed by atoms with E-state index in [1.54, 1.807) is 35.4 Å². The number of nitrogens with one attached hydrogen (secondary N) is 1. The third-order valence-electron chi connectivity index (χ3n) is 3.59. The van der Waals surface area contributed by atoms with Crippen molar-refractivity contribution in [1.29, 1.82) is 0 Å². The van der Waals surface area contributed by atoms with Gasteiger partial charge in [0.25, 0.3) is 0 Å². The normalized spacial score (nSPS) is 13.4. The van der Waals surface area contributed by atoms with Crippen LogP contribution in [0.5, 0.6) is 5.75 Å². The van der Waals surface area contributed by atoms with Crippen molar-refractivity contribution in [3.63, 3.8) is 0 Å². The number of amides is 1. The SMILES string of the molecule is C=CCN1CC(Oc2ccc(Cl)cc2)=NC(SCC(=O)Nc2cccc(Br)c2)=N1. The van der Waals surface area contributed by atoms with Crippen molar-refractivity contribution in [3.05, 3.63) is 70.7 Å². The van der Waals surface area contributed by atoms with Gasteiger partial charge in [-0.2, -0.15) is 4.99 Å². The molecule has 0 bridgehead atoms. The van der Waals surface area contributed by atoms with Gasteiger partial charge in [0.15, 0.2) is 0 Å². The van der Waals surface area contributed by atoms with E-state index >= 15 is 0 Å². The molecule has 0 fully saturated rings. The molecule has 29 heavy (non-hydrogen) atoms. The van der Waals surface area contributed by atoms with Gasteiger partial charge in [-0.3, -0.25) is 9.80 Å². The quantitative estimate of drug-likeness (QED) is 0.574. The molecule has 2 aromatic rings. The van der Waals surface area contributed by atoms with Gasteiger partial charge in [0.1, 0.15) is 12.3 Å². The van der Waals surface area contributed by atoms with Crippen LogP contribution in [0.4, 0.5) is 5.69 Å². The van der Waals surface area contributed by atoms with Gasteiger partial charge in [0.2, 0.25) is 17.0 Å². The second-order valence-electron chi connectivity index (χ2n) is 5.93. The summed E-state index contributed by atoms with van der Waals surface area (Å²) in [6.07, 6.45) is 1.75. The highest BCUT2D eigenvalue weighted by molar-refractivity contribution is 9.10. The number of benzene rings is 2. The van der Waals surface area contributed by atoms with Gasteiger partial charge in [0.05, 0.1) is 12.3 Å². The number of carbonyl (C=O) groups is 1. The van der Waals surface area contributed by atoms with Gasteiger partial charge in [-0.05, 0) is 42.5 Å². The van der Waals surface area contributed by atoms with Crippen LogP contribution in [-0.2, 0) is 4.79 Å². The first-order valence-corrected chi connectivity index (χ1v) is 10.8. The van der Waals surface area contributed by atoms with Gasteiger partial charge in [-0.25, -0.2) is 0 Å². The molecule has 1 amide bonds. The van der Waals surface area contributed by atoms with Crippen LogP contribution in [0.2, 0.25) is 5.02 Å². The minimum absolute atomic E-state index is 0.146. The number of hydrazone groups is 1. The Morgan fingerprint density at radius 3 is 2.86 bits per heavy atom. The van der Waals surface area contributed by atoms with E-state index in [1.165, 1.54) is 11.8 Å². The summed E-state index contributed by atoms with van der Waals surface area (Å²) in [5.74, 6) is 1.14. The number of amidine groups is 1. The van der Waals surface area contributed by atoms with Gasteiger partial charge >= 0.3 is 0 Å². The minimum atomic E-state index is -0.146. The highest BCUT2D eigenvalue weighted by atomic mass is 79.9. The first-order valence-electron chi connectivity index (χ1n) is 8.65. The highest BCUT2D eigenvalue weighted by Gasteiger charge is 2.18. The van der Waals surface area contributed by atoms with Crippen LogP contribution >= 0.6 is 39.3 Å². The molecule has 2 aromatic carbocycles. The standard InChI is InChI=1S/C20H18BrClN4O2S/c1-2-10-26-12-19(28-17-8-6-15(22)7-9-17)24-20(25-26)29-13-18(27)23-16-5-3-4-14(21)11-16/h2-9,11H,1,10,12-13H2,(H,23,27). The second kappa shape index (κ2) is 10.5. The highest BCUT2D eigenvalue weighted by Crippen LogP contribution is 2.19. The number of aliphatic imine (C=N–C) groups is 1. The summed E-state index contributed by atoms with van der Waals surface area (Å²) in [6.45, 7) is 4.69. The molecule has 0 spiro atoms. The predicted molar refractivity (Wildman–Crippen MR) is 124 cm³/mol. The van der Waals surface area contributed by atoms with E-state index in [1.807, 2.05) is 24.3 Å². The number of nitrogens with zero attached hydrogens (tertiary/aromatic N) is 3. The van der Waals surface area contributed by atoms with Crippen molar-refractivity contribution >= 4 is 62.0 Å². The maximum absolute atomic E-state index is 12.3. The lowest BCUT2D eigenvalue weighted by Gasteiger charge is -2.23. The van der Waals surface area contributed by atoms with Crippen molar-refractivity contribution in [3.8, 4) is 5.75 Å². The Morgan fingerprint density at radius 1 is 1.34 bits per heavy atom. The summed E-state index contributed by atoms with van der Waals surface area (Å²) in [5, 5.41) is 10.1. The summed E-state index contributed by atoms with van der Waals surface area (Å²) in [4.78, 5) is 16.7. The molecule has 0 aliphatic carbocycles. The van der Waals surface area contributed by atoms with E-state index in [0.29, 0.717) is 34.9 Å². The lowest BCUT2D eigenvalue weighted by molar-refractivity contribution is -0.113. The van der Waals surface area contributed by atoms with Gasteiger partial charge < -0.3 is 10.1 Å². The third-order valence-corrected chi connectivity index (χ3v) is 5.18. The number of ether oxygens (including phenoxy) is 1. The molecule has 1 N–H and O–H groups in total. The molecule has 6 nitrogen and oxygen atoms in total. The Kier molecular flexibility index (Phi) is 7.74. The van der Waals surface area contributed by atoms with Crippen molar-refractivity contribution in [2.24, 2.45) is 10.1 Å². The van der Waals surface area contributed by atoms with Crippen LogP contribution in [-0.4, -0.2) is 40.8 Å². The van der Waals surface area contributed by atoms with Gasteiger partial charge in [-0.1, -0.05) is 51.4 Å². The molecule has 0 saturated heterocycles. The molecule has 0 saturated carbocycles. The monoisotopic (exact) mass is 492 g/mol. The molecule has 0 radical (unpaired) electrons. The number of hydrogen-bond acceptors (Lipinski definition) is 6. The van der Waals surface area contributed by atoms with Crippen molar-refractivity contribution in [2.45, 2.75) is 0 Å². The summed E-state index contributed by atoms with van der Waals surface area (Å²) < 4.78 is 6.74. The van der Waals surface area contributed by atoms with E-state index in [0.717, 1.165) is 10.2 Å². The molecule has 1 aliphatic heterocycles. The molecule has 9 heteroatoms. The molecular formula is C20H18BrClN4O2S. The average molecular weight is 494 g/mol. The zero-order valence-corrected chi connectivity index (χ0v) is 18.5. The van der Waals surface area contributed by atoms with Crippen LogP contribution in [0.25, 0.3) is 0 Å². The largest absolute Gasteiger partial charge is 0.441 e. The number of rotatable bonds is 6. The second-order valence-corrected chi connectivity index (χ2v) is 8.22. The van der Waals surface area contributed by atoms with E-state index < -0.39 is 0 Å². The Morgan fingerprint density at radius 2 is 2.14 bits per heavy atom. The van der Waals surface area contributed by atoms with E-state index in [9.17, 15) is 4.79 Å². The van der Waals surface area contributed by atoms with Crippen molar-refractivity contribution < 1.29 is 9.53 Å². The molecule has 1 aliphatic rings. The van der Waals surface area contributed by atoms with Crippen LogP contribution in [0.1, 0.15) is 0 Å². The van der Waals surface area contributed by atoms with E-state index in [4.69, 9.17) is 16.3 Å². The van der Waals surface area contributed by atoms with E-state index in [-0.39, 0.29) is 11.7 Å². The average Bonchev–Trinajstić information content (AvgIpc) is 2.68. The number of hydrogen-bond donors (Lipinski definition) is 1. The van der Waals surface area contributed by atoms with Crippen LogP contribution in [0, 0.1) is 0 Å². The van der Waals surface area contributed by atoms with Crippen LogP contribution in [0.15, 0.2) is 75.8 Å². The molecule has 150 valence electrons. The fraction of sp³-hybridized carbons (Fsp3) is 0.150. The number of anilines is 1. The topological polar surface area (TPSA) is 66.3 Å². The summed E-state index contributed by atoms with van der Waals surface area (Å²) in [7, 11) is 0. The maximum atomic E-state index is 12.3. The number of halogens is 2. The lowest BCUT2D eigenvalue weighted by atomic mass is 10.3. The summed E-state index contributed by atoms with van der Waals surface area (Å²) in [5.41, 5.74) is 0.721. The first kappa shape index (κ1) is 21.4. The van der Waals surface area contributed by atoms with Crippen LogP contribution < -0.4 is 10.1 Å². The minimum Gasteiger partial charge on any atom is -0.441 e.